The number of nitrogens with two attached hydrogens (primary N) is 1. The minimum absolute atomic E-state index is 0.0154. The predicted octanol–water partition coefficient (Wildman–Crippen LogP) is 1.76. The van der Waals surface area contributed by atoms with E-state index in [2.05, 4.69) is 22.0 Å². The molecule has 3 rings (SSSR count). The molecule has 0 radical (unpaired) electrons. The molecule has 128 valence electrons. The lowest BCUT2D eigenvalue weighted by Gasteiger charge is -2.32. The van der Waals surface area contributed by atoms with Gasteiger partial charge in [0.05, 0.1) is 5.69 Å². The second-order valence-corrected chi connectivity index (χ2v) is 6.32. The van der Waals surface area contributed by atoms with E-state index in [1.165, 1.54) is 0 Å². The van der Waals surface area contributed by atoms with Crippen molar-refractivity contribution >= 4 is 11.7 Å². The Balaban J connectivity index is 1.64. The number of carbonyl (C=O) groups excluding carboxylic acids is 1. The number of hydrogen-bond donors (Lipinski definition) is 1. The van der Waals surface area contributed by atoms with Crippen LogP contribution in [0, 0.1) is 5.92 Å². The lowest BCUT2D eigenvalue weighted by Crippen LogP contribution is -2.40. The summed E-state index contributed by atoms with van der Waals surface area (Å²) in [5.74, 6) is 0.861. The van der Waals surface area contributed by atoms with Crippen molar-refractivity contribution in [3.63, 3.8) is 0 Å². The number of amides is 1. The first-order valence-corrected chi connectivity index (χ1v) is 8.55. The van der Waals surface area contributed by atoms with Crippen molar-refractivity contribution in [1.82, 2.24) is 24.6 Å². The summed E-state index contributed by atoms with van der Waals surface area (Å²) in [5, 5.41) is 4.38. The highest BCUT2D eigenvalue weighted by Crippen LogP contribution is 2.22. The van der Waals surface area contributed by atoms with Crippen molar-refractivity contribution in [3.8, 4) is 0 Å². The molecule has 24 heavy (non-hydrogen) atoms. The molecule has 1 aliphatic heterocycles. The molecule has 2 N–H and O–H groups in total. The van der Waals surface area contributed by atoms with E-state index in [4.69, 9.17) is 5.73 Å². The second-order valence-electron chi connectivity index (χ2n) is 6.32. The van der Waals surface area contributed by atoms with Gasteiger partial charge in [0.25, 0.3) is 5.91 Å². The van der Waals surface area contributed by atoms with Gasteiger partial charge in [-0.3, -0.25) is 14.5 Å². The number of rotatable bonds is 5. The maximum atomic E-state index is 12.7. The number of likely N-dealkylation sites (tertiary alicyclic amines) is 1. The lowest BCUT2D eigenvalue weighted by molar-refractivity contribution is 0.0666. The second kappa shape index (κ2) is 7.42. The molecule has 1 saturated heterocycles. The van der Waals surface area contributed by atoms with Crippen LogP contribution in [0.15, 0.2) is 24.7 Å². The molecule has 2 aromatic rings. The number of carbonyl (C=O) groups is 1. The van der Waals surface area contributed by atoms with Gasteiger partial charge in [-0.2, -0.15) is 5.10 Å². The Labute approximate surface area is 141 Å². The van der Waals surface area contributed by atoms with E-state index in [9.17, 15) is 4.79 Å². The number of piperidine rings is 1. The normalized spacial score (nSPS) is 17.9. The highest BCUT2D eigenvalue weighted by Gasteiger charge is 2.26. The number of aromatic nitrogens is 4. The highest BCUT2D eigenvalue weighted by atomic mass is 16.2. The van der Waals surface area contributed by atoms with Crippen LogP contribution in [-0.2, 0) is 13.0 Å². The largest absolute Gasteiger partial charge is 0.382 e. The van der Waals surface area contributed by atoms with Gasteiger partial charge in [0.2, 0.25) is 0 Å². The van der Waals surface area contributed by atoms with E-state index in [0.29, 0.717) is 17.4 Å². The van der Waals surface area contributed by atoms with Gasteiger partial charge in [-0.05, 0) is 37.7 Å². The molecule has 0 aliphatic carbocycles. The van der Waals surface area contributed by atoms with Gasteiger partial charge in [0, 0.05) is 38.2 Å². The molecule has 3 heterocycles. The third kappa shape index (κ3) is 3.72. The van der Waals surface area contributed by atoms with Crippen LogP contribution in [0.4, 0.5) is 5.82 Å². The first-order chi connectivity index (χ1) is 11.7. The molecule has 1 unspecified atom stereocenters. The Morgan fingerprint density at radius 3 is 3.00 bits per heavy atom. The summed E-state index contributed by atoms with van der Waals surface area (Å²) in [6, 6.07) is 1.81. The first-order valence-electron chi connectivity index (χ1n) is 8.55. The van der Waals surface area contributed by atoms with Crippen molar-refractivity contribution in [2.24, 2.45) is 5.92 Å². The molecule has 0 aromatic carbocycles. The number of nitrogens with zero attached hydrogens (tertiary/aromatic N) is 5. The smallest absolute Gasteiger partial charge is 0.274 e. The quantitative estimate of drug-likeness (QED) is 0.903. The fourth-order valence-corrected chi connectivity index (χ4v) is 3.22. The average Bonchev–Trinajstić information content (AvgIpc) is 3.06. The topological polar surface area (TPSA) is 89.9 Å². The van der Waals surface area contributed by atoms with Gasteiger partial charge in [-0.1, -0.05) is 6.92 Å². The zero-order valence-electron chi connectivity index (χ0n) is 14.1. The predicted molar refractivity (Wildman–Crippen MR) is 91.3 cm³/mol. The Morgan fingerprint density at radius 1 is 1.38 bits per heavy atom. The van der Waals surface area contributed by atoms with Crippen LogP contribution < -0.4 is 5.73 Å². The van der Waals surface area contributed by atoms with Crippen LogP contribution in [0.2, 0.25) is 0 Å². The maximum Gasteiger partial charge on any atom is 0.274 e. The number of anilines is 1. The van der Waals surface area contributed by atoms with Gasteiger partial charge in [-0.25, -0.2) is 4.98 Å². The minimum atomic E-state index is 0.0154. The monoisotopic (exact) mass is 328 g/mol. The van der Waals surface area contributed by atoms with E-state index in [1.807, 2.05) is 21.8 Å². The fraction of sp³-hybridized carbons (Fsp3) is 0.529. The molecule has 1 atom stereocenters. The Kier molecular flexibility index (Phi) is 5.08. The summed E-state index contributed by atoms with van der Waals surface area (Å²) in [5.41, 5.74) is 7.24. The van der Waals surface area contributed by atoms with Crippen LogP contribution in [0.25, 0.3) is 0 Å². The Bertz CT molecular complexity index is 698. The summed E-state index contributed by atoms with van der Waals surface area (Å²) >= 11 is 0. The number of hydrogen-bond acceptors (Lipinski definition) is 5. The van der Waals surface area contributed by atoms with E-state index in [-0.39, 0.29) is 5.91 Å². The first kappa shape index (κ1) is 16.4. The highest BCUT2D eigenvalue weighted by molar-refractivity contribution is 5.92. The van der Waals surface area contributed by atoms with Gasteiger partial charge in [-0.15, -0.1) is 0 Å². The lowest BCUT2D eigenvalue weighted by atomic mass is 9.93. The van der Waals surface area contributed by atoms with Gasteiger partial charge >= 0.3 is 0 Å². The van der Waals surface area contributed by atoms with Crippen molar-refractivity contribution < 1.29 is 4.79 Å². The molecular formula is C17H24N6O. The molecule has 1 aliphatic rings. The summed E-state index contributed by atoms with van der Waals surface area (Å²) in [4.78, 5) is 23.0. The third-order valence-electron chi connectivity index (χ3n) is 4.41. The molecule has 2 aromatic heterocycles. The molecule has 1 amide bonds. The van der Waals surface area contributed by atoms with Gasteiger partial charge in [0.15, 0.2) is 0 Å². The number of nitrogen functional groups attached to an aromatic ring is 1. The van der Waals surface area contributed by atoms with Crippen molar-refractivity contribution in [2.75, 3.05) is 18.8 Å². The molecule has 7 heteroatoms. The van der Waals surface area contributed by atoms with Gasteiger partial charge in [0.1, 0.15) is 11.5 Å². The zero-order valence-corrected chi connectivity index (χ0v) is 14.1. The van der Waals surface area contributed by atoms with Crippen LogP contribution in [0.1, 0.15) is 42.4 Å². The summed E-state index contributed by atoms with van der Waals surface area (Å²) in [7, 11) is 0. The third-order valence-corrected chi connectivity index (χ3v) is 4.41. The molecule has 0 saturated carbocycles. The average molecular weight is 328 g/mol. The minimum Gasteiger partial charge on any atom is -0.382 e. The fourth-order valence-electron chi connectivity index (χ4n) is 3.22. The van der Waals surface area contributed by atoms with E-state index in [0.717, 1.165) is 51.0 Å². The standard InChI is InChI=1S/C17H24N6O/c1-2-8-23-10-5-14(21-23)17(24)22-9-3-4-13(12-22)11-15-16(18)20-7-6-19-15/h5-7,10,13H,2-4,8-9,11-12H2,1H3,(H2,18,20). The van der Waals surface area contributed by atoms with Crippen molar-refractivity contribution in [3.05, 3.63) is 36.0 Å². The molecule has 0 spiro atoms. The van der Waals surface area contributed by atoms with Crippen molar-refractivity contribution in [1.29, 1.82) is 0 Å². The van der Waals surface area contributed by atoms with E-state index < -0.39 is 0 Å². The van der Waals surface area contributed by atoms with E-state index >= 15 is 0 Å². The Morgan fingerprint density at radius 2 is 2.21 bits per heavy atom. The van der Waals surface area contributed by atoms with Gasteiger partial charge < -0.3 is 10.6 Å². The van der Waals surface area contributed by atoms with Crippen LogP contribution in [0.3, 0.4) is 0 Å². The van der Waals surface area contributed by atoms with Crippen LogP contribution in [-0.4, -0.2) is 43.6 Å². The maximum absolute atomic E-state index is 12.7. The molecular weight excluding hydrogens is 304 g/mol. The van der Waals surface area contributed by atoms with Crippen LogP contribution in [0.5, 0.6) is 0 Å². The summed E-state index contributed by atoms with van der Waals surface area (Å²) in [6.07, 6.45) is 8.96. The zero-order chi connectivity index (χ0) is 16.9. The van der Waals surface area contributed by atoms with Crippen LogP contribution >= 0.6 is 0 Å². The molecule has 0 bridgehead atoms. The summed E-state index contributed by atoms with van der Waals surface area (Å²) < 4.78 is 1.83. The summed E-state index contributed by atoms with van der Waals surface area (Å²) in [6.45, 7) is 4.43. The number of aryl methyl sites for hydroxylation is 1. The van der Waals surface area contributed by atoms with Crippen molar-refractivity contribution in [2.45, 2.75) is 39.2 Å². The molecule has 7 nitrogen and oxygen atoms in total. The van der Waals surface area contributed by atoms with E-state index in [1.54, 1.807) is 12.4 Å². The molecule has 1 fully saturated rings. The Hall–Kier alpha value is -2.44. The SMILES string of the molecule is CCCn1ccc(C(=O)N2CCCC(Cc3nccnc3N)C2)n1.